The number of nitrogens with zero attached hydrogens (tertiary/aromatic N) is 1. The van der Waals surface area contributed by atoms with Crippen LogP contribution in [-0.2, 0) is 18.4 Å². The van der Waals surface area contributed by atoms with Gasteiger partial charge in [-0.25, -0.2) is 4.57 Å². The highest BCUT2D eigenvalue weighted by Crippen LogP contribution is 2.43. The molecular weight excluding hydrogens is 756 g/mol. The molecule has 0 saturated heterocycles. The van der Waals surface area contributed by atoms with Gasteiger partial charge in [-0.05, 0) is 51.4 Å². The van der Waals surface area contributed by atoms with Crippen LogP contribution in [0.25, 0.3) is 0 Å². The molecule has 348 valence electrons. The second kappa shape index (κ2) is 42.0. The number of hydrogen-bond donors (Lipinski definition) is 3. The van der Waals surface area contributed by atoms with Crippen molar-refractivity contribution in [2.75, 3.05) is 40.9 Å². The van der Waals surface area contributed by atoms with Crippen molar-refractivity contribution in [2.24, 2.45) is 0 Å². The van der Waals surface area contributed by atoms with E-state index in [9.17, 15) is 19.4 Å². The van der Waals surface area contributed by atoms with E-state index < -0.39 is 20.0 Å². The Morgan fingerprint density at radius 2 is 0.966 bits per heavy atom. The average molecular weight is 854 g/mol. The lowest BCUT2D eigenvalue weighted by Gasteiger charge is -2.25. The Balaban J connectivity index is 4.20. The Morgan fingerprint density at radius 3 is 1.42 bits per heavy atom. The minimum absolute atomic E-state index is 0.0545. The highest BCUT2D eigenvalue weighted by Gasteiger charge is 2.27. The van der Waals surface area contributed by atoms with E-state index >= 15 is 0 Å². The number of unbranched alkanes of at least 4 members (excludes halogenated alkanes) is 28. The van der Waals surface area contributed by atoms with Gasteiger partial charge in [0.2, 0.25) is 5.91 Å². The molecule has 0 aliphatic carbocycles. The lowest BCUT2D eigenvalue weighted by atomic mass is 10.0. The van der Waals surface area contributed by atoms with E-state index in [1.54, 1.807) is 6.08 Å². The summed E-state index contributed by atoms with van der Waals surface area (Å²) in [7, 11) is 1.55. The molecule has 0 aliphatic heterocycles. The van der Waals surface area contributed by atoms with Crippen molar-refractivity contribution >= 4 is 13.7 Å². The van der Waals surface area contributed by atoms with Crippen LogP contribution in [0.2, 0.25) is 0 Å². The molecule has 1 amide bonds. The quantitative estimate of drug-likeness (QED) is 0.0244. The Labute approximate surface area is 366 Å². The van der Waals surface area contributed by atoms with Crippen LogP contribution < -0.4 is 5.32 Å². The highest BCUT2D eigenvalue weighted by molar-refractivity contribution is 7.47. The number of quaternary nitrogens is 1. The first-order valence-electron chi connectivity index (χ1n) is 24.9. The zero-order chi connectivity index (χ0) is 43.6. The van der Waals surface area contributed by atoms with Gasteiger partial charge in [0.15, 0.2) is 0 Å². The van der Waals surface area contributed by atoms with E-state index in [1.807, 2.05) is 27.2 Å². The lowest BCUT2D eigenvalue weighted by Crippen LogP contribution is -2.45. The molecule has 8 nitrogen and oxygen atoms in total. The molecule has 0 spiro atoms. The second-order valence-corrected chi connectivity index (χ2v) is 19.6. The van der Waals surface area contributed by atoms with E-state index in [0.717, 1.165) is 64.2 Å². The molecule has 3 atom stereocenters. The van der Waals surface area contributed by atoms with Crippen molar-refractivity contribution in [3.8, 4) is 0 Å². The largest absolute Gasteiger partial charge is 0.472 e. The van der Waals surface area contributed by atoms with Crippen LogP contribution in [0.1, 0.15) is 226 Å². The number of carbonyl (C=O) groups is 1. The summed E-state index contributed by atoms with van der Waals surface area (Å²) in [5.41, 5.74) is 0. The van der Waals surface area contributed by atoms with Gasteiger partial charge in [0.1, 0.15) is 13.2 Å². The predicted octanol–water partition coefficient (Wildman–Crippen LogP) is 14.3. The fourth-order valence-electron chi connectivity index (χ4n) is 7.12. The second-order valence-electron chi connectivity index (χ2n) is 18.2. The summed E-state index contributed by atoms with van der Waals surface area (Å²) in [6, 6.07) is -0.865. The van der Waals surface area contributed by atoms with Crippen LogP contribution in [0, 0.1) is 0 Å². The molecular formula is C50H98N2O6P+. The summed E-state index contributed by atoms with van der Waals surface area (Å²) in [6.07, 6.45) is 52.5. The van der Waals surface area contributed by atoms with E-state index in [-0.39, 0.29) is 19.1 Å². The molecule has 0 rings (SSSR count). The van der Waals surface area contributed by atoms with Gasteiger partial charge in [0.05, 0.1) is 39.9 Å². The monoisotopic (exact) mass is 854 g/mol. The molecule has 0 aromatic rings. The lowest BCUT2D eigenvalue weighted by molar-refractivity contribution is -0.870. The molecule has 0 aliphatic rings. The zero-order valence-electron chi connectivity index (χ0n) is 39.5. The third-order valence-electron chi connectivity index (χ3n) is 11.1. The normalized spacial score (nSPS) is 14.5. The predicted molar refractivity (Wildman–Crippen MR) is 254 cm³/mol. The molecule has 0 radical (unpaired) electrons. The minimum Gasteiger partial charge on any atom is -0.387 e. The first-order chi connectivity index (χ1) is 28.5. The van der Waals surface area contributed by atoms with Gasteiger partial charge in [-0.15, -0.1) is 0 Å². The summed E-state index contributed by atoms with van der Waals surface area (Å²) in [4.78, 5) is 23.1. The van der Waals surface area contributed by atoms with Gasteiger partial charge in [-0.2, -0.15) is 0 Å². The Morgan fingerprint density at radius 1 is 0.559 bits per heavy atom. The highest BCUT2D eigenvalue weighted by atomic mass is 31.2. The standard InChI is InChI=1S/C50H97N2O6P/c1-6-8-10-12-14-16-18-19-20-21-22-23-24-25-26-27-28-29-30-31-32-33-34-35-37-39-41-43-49(53)48(47-58-59(55,56)57-46-45-52(3,4)5)51-50(54)44-42-40-38-36-17-15-13-11-9-7-2/h11,13,34-35,41,43,48-49,53H,6-10,12,14-33,36-40,42,44-47H2,1-5H3,(H-,51,54,55,56)/p+1/b13-11-,35-34+,43-41+. The van der Waals surface area contributed by atoms with Crippen LogP contribution in [-0.4, -0.2) is 73.4 Å². The number of aliphatic hydroxyl groups is 1. The Bertz CT molecular complexity index is 1060. The molecule has 0 fully saturated rings. The number of nitrogens with one attached hydrogen (secondary N) is 1. The third kappa shape index (κ3) is 44.6. The van der Waals surface area contributed by atoms with Crippen molar-refractivity contribution in [1.82, 2.24) is 5.32 Å². The molecule has 0 aromatic heterocycles. The molecule has 0 bridgehead atoms. The molecule has 0 aromatic carbocycles. The van der Waals surface area contributed by atoms with Gasteiger partial charge < -0.3 is 19.8 Å². The van der Waals surface area contributed by atoms with Crippen LogP contribution in [0.5, 0.6) is 0 Å². The fourth-order valence-corrected chi connectivity index (χ4v) is 7.85. The van der Waals surface area contributed by atoms with Crippen LogP contribution in [0.4, 0.5) is 0 Å². The number of likely N-dealkylation sites (N-methyl/N-ethyl adjacent to an activating group) is 1. The molecule has 0 heterocycles. The number of phosphoric acid groups is 1. The maximum Gasteiger partial charge on any atom is 0.472 e. The van der Waals surface area contributed by atoms with Crippen LogP contribution in [0.3, 0.4) is 0 Å². The number of carbonyl (C=O) groups excluding carboxylic acids is 1. The molecule has 3 unspecified atom stereocenters. The van der Waals surface area contributed by atoms with Gasteiger partial charge in [-0.1, -0.05) is 204 Å². The van der Waals surface area contributed by atoms with Crippen molar-refractivity contribution < 1.29 is 32.9 Å². The number of allylic oxidation sites excluding steroid dienone is 5. The van der Waals surface area contributed by atoms with Gasteiger partial charge in [0, 0.05) is 6.42 Å². The maximum atomic E-state index is 12.8. The molecule has 9 heteroatoms. The first kappa shape index (κ1) is 57.7. The first-order valence-corrected chi connectivity index (χ1v) is 26.4. The van der Waals surface area contributed by atoms with Gasteiger partial charge in [-0.3, -0.25) is 13.8 Å². The number of rotatable bonds is 45. The summed E-state index contributed by atoms with van der Waals surface area (Å²) < 4.78 is 23.5. The summed E-state index contributed by atoms with van der Waals surface area (Å²) in [5, 5.41) is 13.8. The van der Waals surface area contributed by atoms with Crippen LogP contribution in [0.15, 0.2) is 36.5 Å². The van der Waals surface area contributed by atoms with E-state index in [2.05, 4.69) is 43.5 Å². The number of phosphoric ester groups is 1. The van der Waals surface area contributed by atoms with Crippen molar-refractivity contribution in [3.05, 3.63) is 36.5 Å². The summed E-state index contributed by atoms with van der Waals surface area (Å²) >= 11 is 0. The SMILES string of the molecule is CCC/C=C\CCCCCCCC(=O)NC(COP(=O)(O)OCC[N+](C)(C)C)C(O)/C=C/CC/C=C/CCCCCCCCCCCCCCCCCCCCCCC. The number of amides is 1. The van der Waals surface area contributed by atoms with E-state index in [0.29, 0.717) is 17.4 Å². The third-order valence-corrected chi connectivity index (χ3v) is 12.0. The zero-order valence-corrected chi connectivity index (χ0v) is 40.4. The van der Waals surface area contributed by atoms with Gasteiger partial charge in [0.25, 0.3) is 0 Å². The number of aliphatic hydroxyl groups excluding tert-OH is 1. The Hall–Kier alpha value is -1.28. The smallest absolute Gasteiger partial charge is 0.387 e. The topological polar surface area (TPSA) is 105 Å². The van der Waals surface area contributed by atoms with Crippen molar-refractivity contribution in [2.45, 2.75) is 238 Å². The summed E-state index contributed by atoms with van der Waals surface area (Å²) in [6.45, 7) is 4.73. The fraction of sp³-hybridized carbons (Fsp3) is 0.860. The maximum absolute atomic E-state index is 12.8. The summed E-state index contributed by atoms with van der Waals surface area (Å²) in [5.74, 6) is -0.199. The van der Waals surface area contributed by atoms with Gasteiger partial charge >= 0.3 is 7.82 Å². The van der Waals surface area contributed by atoms with Crippen molar-refractivity contribution in [1.29, 1.82) is 0 Å². The van der Waals surface area contributed by atoms with Crippen molar-refractivity contribution in [3.63, 3.8) is 0 Å². The Kier molecular flexibility index (Phi) is 41.1. The van der Waals surface area contributed by atoms with Crippen LogP contribution >= 0.6 is 7.82 Å². The average Bonchev–Trinajstić information content (AvgIpc) is 3.19. The molecule has 59 heavy (non-hydrogen) atoms. The van der Waals surface area contributed by atoms with E-state index in [4.69, 9.17) is 9.05 Å². The minimum atomic E-state index is -4.35. The number of hydrogen-bond acceptors (Lipinski definition) is 5. The molecule has 3 N–H and O–H groups in total. The van der Waals surface area contributed by atoms with E-state index in [1.165, 1.54) is 141 Å². The molecule has 0 saturated carbocycles.